The molecule has 0 radical (unpaired) electrons. The van der Waals surface area contributed by atoms with E-state index in [4.69, 9.17) is 5.73 Å². The van der Waals surface area contributed by atoms with Crippen molar-refractivity contribution in [3.63, 3.8) is 0 Å². The summed E-state index contributed by atoms with van der Waals surface area (Å²) in [6.45, 7) is 3.92. The highest BCUT2D eigenvalue weighted by Gasteiger charge is 2.18. The van der Waals surface area contributed by atoms with Crippen LogP contribution in [0.2, 0.25) is 0 Å². The predicted molar refractivity (Wildman–Crippen MR) is 83.1 cm³/mol. The minimum absolute atomic E-state index is 0.188. The standard InChI is InChI=1S/C14H17FN4OS/c1-7-4-9(5-8(2)11(7)15)6-18-14-10(13(20)17-3)12(16)19-21-14/h4-5,18H,6H2,1-3H3,(H2,16,19)(H,17,20). The van der Waals surface area contributed by atoms with Gasteiger partial charge in [0.05, 0.1) is 0 Å². The molecular formula is C14H17FN4OS. The van der Waals surface area contributed by atoms with E-state index < -0.39 is 0 Å². The van der Waals surface area contributed by atoms with Gasteiger partial charge < -0.3 is 16.4 Å². The van der Waals surface area contributed by atoms with Crippen LogP contribution in [0.4, 0.5) is 15.2 Å². The maximum absolute atomic E-state index is 13.6. The fourth-order valence-electron chi connectivity index (χ4n) is 2.09. The van der Waals surface area contributed by atoms with Crippen molar-refractivity contribution in [1.29, 1.82) is 0 Å². The molecule has 0 atom stereocenters. The second-order valence-electron chi connectivity index (χ2n) is 4.75. The number of nitrogens with two attached hydrogens (primary N) is 1. The lowest BCUT2D eigenvalue weighted by atomic mass is 10.1. The Kier molecular flexibility index (Phi) is 4.42. The molecule has 2 rings (SSSR count). The summed E-state index contributed by atoms with van der Waals surface area (Å²) in [5.41, 5.74) is 8.18. The van der Waals surface area contributed by atoms with Crippen molar-refractivity contribution in [1.82, 2.24) is 9.69 Å². The second-order valence-corrected chi connectivity index (χ2v) is 5.52. The fourth-order valence-corrected chi connectivity index (χ4v) is 2.79. The van der Waals surface area contributed by atoms with Crippen molar-refractivity contribution < 1.29 is 9.18 Å². The molecule has 0 saturated carbocycles. The van der Waals surface area contributed by atoms with E-state index in [0.29, 0.717) is 28.2 Å². The first-order valence-electron chi connectivity index (χ1n) is 6.40. The van der Waals surface area contributed by atoms with E-state index in [1.807, 2.05) is 0 Å². The van der Waals surface area contributed by atoms with Gasteiger partial charge in [-0.05, 0) is 42.1 Å². The number of nitrogens with zero attached hydrogens (tertiary/aromatic N) is 1. The summed E-state index contributed by atoms with van der Waals surface area (Å²) in [4.78, 5) is 11.8. The number of nitrogens with one attached hydrogen (secondary N) is 2. The van der Waals surface area contributed by atoms with Crippen LogP contribution in [-0.4, -0.2) is 17.3 Å². The molecule has 21 heavy (non-hydrogen) atoms. The summed E-state index contributed by atoms with van der Waals surface area (Å²) in [5, 5.41) is 6.27. The number of carbonyl (C=O) groups excluding carboxylic acids is 1. The van der Waals surface area contributed by atoms with E-state index in [2.05, 4.69) is 15.0 Å². The average molecular weight is 308 g/mol. The maximum atomic E-state index is 13.6. The highest BCUT2D eigenvalue weighted by molar-refractivity contribution is 7.11. The number of hydrogen-bond acceptors (Lipinski definition) is 5. The monoisotopic (exact) mass is 308 g/mol. The lowest BCUT2D eigenvalue weighted by Gasteiger charge is -2.09. The van der Waals surface area contributed by atoms with E-state index in [1.165, 1.54) is 7.05 Å². The molecule has 0 aliphatic rings. The van der Waals surface area contributed by atoms with Gasteiger partial charge in [0.25, 0.3) is 5.91 Å². The zero-order chi connectivity index (χ0) is 15.6. The minimum atomic E-state index is -0.282. The summed E-state index contributed by atoms with van der Waals surface area (Å²) >= 11 is 1.13. The van der Waals surface area contributed by atoms with Gasteiger partial charge >= 0.3 is 0 Å². The molecule has 2 aromatic rings. The zero-order valence-electron chi connectivity index (χ0n) is 12.1. The molecule has 1 heterocycles. The number of rotatable bonds is 4. The highest BCUT2D eigenvalue weighted by Crippen LogP contribution is 2.27. The smallest absolute Gasteiger partial charge is 0.257 e. The number of carbonyl (C=O) groups is 1. The predicted octanol–water partition coefficient (Wildman–Crippen LogP) is 2.45. The van der Waals surface area contributed by atoms with Crippen LogP contribution in [0.1, 0.15) is 27.0 Å². The summed E-state index contributed by atoms with van der Waals surface area (Å²) in [6.07, 6.45) is 0. The topological polar surface area (TPSA) is 80.0 Å². The van der Waals surface area contributed by atoms with Gasteiger partial charge in [-0.25, -0.2) is 4.39 Å². The number of anilines is 2. The number of halogens is 1. The van der Waals surface area contributed by atoms with Gasteiger partial charge in [0.1, 0.15) is 16.4 Å². The van der Waals surface area contributed by atoms with Crippen LogP contribution in [0.3, 0.4) is 0 Å². The van der Waals surface area contributed by atoms with Gasteiger partial charge in [-0.15, -0.1) is 0 Å². The van der Waals surface area contributed by atoms with Gasteiger partial charge in [-0.1, -0.05) is 12.1 Å². The van der Waals surface area contributed by atoms with E-state index in [1.54, 1.807) is 26.0 Å². The summed E-state index contributed by atoms with van der Waals surface area (Å²) in [6, 6.07) is 3.55. The van der Waals surface area contributed by atoms with Crippen LogP contribution in [0.25, 0.3) is 0 Å². The maximum Gasteiger partial charge on any atom is 0.257 e. The molecule has 0 bridgehead atoms. The van der Waals surface area contributed by atoms with Crippen LogP contribution in [0.15, 0.2) is 12.1 Å². The molecule has 0 aliphatic heterocycles. The number of amides is 1. The Hall–Kier alpha value is -2.15. The van der Waals surface area contributed by atoms with Crippen LogP contribution >= 0.6 is 11.5 Å². The molecule has 1 amide bonds. The van der Waals surface area contributed by atoms with Gasteiger partial charge in [-0.2, -0.15) is 4.37 Å². The van der Waals surface area contributed by atoms with Gasteiger partial charge in [0.15, 0.2) is 5.82 Å². The van der Waals surface area contributed by atoms with Gasteiger partial charge in [0.2, 0.25) is 0 Å². The van der Waals surface area contributed by atoms with E-state index >= 15 is 0 Å². The van der Waals surface area contributed by atoms with E-state index in [9.17, 15) is 9.18 Å². The zero-order valence-corrected chi connectivity index (χ0v) is 12.9. The molecule has 0 spiro atoms. The van der Waals surface area contributed by atoms with Crippen LogP contribution in [0, 0.1) is 19.7 Å². The fraction of sp³-hybridized carbons (Fsp3) is 0.286. The van der Waals surface area contributed by atoms with Crippen molar-refractivity contribution >= 4 is 28.3 Å². The summed E-state index contributed by atoms with van der Waals surface area (Å²) in [7, 11) is 1.54. The molecule has 0 saturated heterocycles. The summed E-state index contributed by atoms with van der Waals surface area (Å²) < 4.78 is 17.6. The Bertz CT molecular complexity index is 661. The van der Waals surface area contributed by atoms with Crippen molar-refractivity contribution in [3.8, 4) is 0 Å². The number of nitrogen functional groups attached to an aromatic ring is 1. The quantitative estimate of drug-likeness (QED) is 0.810. The molecule has 0 aliphatic carbocycles. The molecule has 0 unspecified atom stereocenters. The molecule has 4 N–H and O–H groups in total. The largest absolute Gasteiger partial charge is 0.382 e. The van der Waals surface area contributed by atoms with Crippen molar-refractivity contribution in [3.05, 3.63) is 40.2 Å². The van der Waals surface area contributed by atoms with E-state index in [-0.39, 0.29) is 17.5 Å². The number of aryl methyl sites for hydroxylation is 2. The summed E-state index contributed by atoms with van der Waals surface area (Å²) in [5.74, 6) is -0.268. The number of hydrogen-bond donors (Lipinski definition) is 3. The van der Waals surface area contributed by atoms with Crippen molar-refractivity contribution in [2.24, 2.45) is 0 Å². The molecule has 5 nitrogen and oxygen atoms in total. The van der Waals surface area contributed by atoms with Gasteiger partial charge in [0, 0.05) is 13.6 Å². The molecule has 0 fully saturated rings. The third-order valence-corrected chi connectivity index (χ3v) is 3.94. The normalized spacial score (nSPS) is 10.5. The Morgan fingerprint density at radius 2 is 2.00 bits per heavy atom. The number of aromatic nitrogens is 1. The van der Waals surface area contributed by atoms with Crippen LogP contribution < -0.4 is 16.4 Å². The Morgan fingerprint density at radius 1 is 1.38 bits per heavy atom. The lowest BCUT2D eigenvalue weighted by Crippen LogP contribution is -2.20. The van der Waals surface area contributed by atoms with Crippen molar-refractivity contribution in [2.75, 3.05) is 18.1 Å². The van der Waals surface area contributed by atoms with Crippen LogP contribution in [-0.2, 0) is 6.54 Å². The lowest BCUT2D eigenvalue weighted by molar-refractivity contribution is 0.0965. The first kappa shape index (κ1) is 15.2. The SMILES string of the molecule is CNC(=O)c1c(N)nsc1NCc1cc(C)c(F)c(C)c1. The third kappa shape index (κ3) is 3.13. The Balaban J connectivity index is 2.19. The first-order valence-corrected chi connectivity index (χ1v) is 7.18. The molecule has 7 heteroatoms. The van der Waals surface area contributed by atoms with Crippen molar-refractivity contribution in [2.45, 2.75) is 20.4 Å². The average Bonchev–Trinajstić information content (AvgIpc) is 2.82. The first-order chi connectivity index (χ1) is 9.93. The Labute approximate surface area is 126 Å². The third-order valence-electron chi connectivity index (χ3n) is 3.12. The van der Waals surface area contributed by atoms with Crippen LogP contribution in [0.5, 0.6) is 0 Å². The molecule has 112 valence electrons. The molecular weight excluding hydrogens is 291 g/mol. The second kappa shape index (κ2) is 6.09. The Morgan fingerprint density at radius 3 is 2.57 bits per heavy atom. The highest BCUT2D eigenvalue weighted by atomic mass is 32.1. The molecule has 1 aromatic carbocycles. The number of benzene rings is 1. The minimum Gasteiger partial charge on any atom is -0.382 e. The van der Waals surface area contributed by atoms with E-state index in [0.717, 1.165) is 17.1 Å². The molecule has 1 aromatic heterocycles. The van der Waals surface area contributed by atoms with Gasteiger partial charge in [-0.3, -0.25) is 4.79 Å².